The van der Waals surface area contributed by atoms with Crippen molar-refractivity contribution >= 4 is 32.2 Å². The van der Waals surface area contributed by atoms with Crippen LogP contribution in [0, 0.1) is 6.92 Å². The van der Waals surface area contributed by atoms with E-state index in [1.165, 1.54) is 0 Å². The lowest BCUT2D eigenvalue weighted by molar-refractivity contribution is 0.415. The summed E-state index contributed by atoms with van der Waals surface area (Å²) in [6, 6.07) is 31.0. The predicted octanol–water partition coefficient (Wildman–Crippen LogP) is 7.23. The van der Waals surface area contributed by atoms with Gasteiger partial charge in [0.2, 0.25) is 5.88 Å². The van der Waals surface area contributed by atoms with E-state index in [1.54, 1.807) is 43.5 Å². The van der Waals surface area contributed by atoms with Crippen LogP contribution in [-0.2, 0) is 10.0 Å². The Hall–Kier alpha value is -4.62. The maximum Gasteiger partial charge on any atom is 0.271 e. The first kappa shape index (κ1) is 27.9. The lowest BCUT2D eigenvalue weighted by Crippen LogP contribution is -2.12. The van der Waals surface area contributed by atoms with Crippen molar-refractivity contribution in [2.45, 2.75) is 31.7 Å². The second kappa shape index (κ2) is 11.5. The molecule has 1 aromatic heterocycles. The second-order valence-corrected chi connectivity index (χ2v) is 11.8. The van der Waals surface area contributed by atoms with Gasteiger partial charge in [0, 0.05) is 11.4 Å². The molecule has 4 aromatic carbocycles. The molecule has 6 nitrogen and oxygen atoms in total. The lowest BCUT2D eigenvalue weighted by Gasteiger charge is -2.13. The van der Waals surface area contributed by atoms with Crippen molar-refractivity contribution in [2.24, 2.45) is 4.99 Å². The van der Waals surface area contributed by atoms with E-state index in [-0.39, 0.29) is 16.8 Å². The van der Waals surface area contributed by atoms with E-state index >= 15 is 0 Å². The molecule has 0 unspecified atom stereocenters. The minimum absolute atomic E-state index is 0.0165. The van der Waals surface area contributed by atoms with Crippen LogP contribution in [0.25, 0.3) is 16.5 Å². The number of hydrogen-bond donors (Lipinski definition) is 1. The van der Waals surface area contributed by atoms with E-state index in [1.807, 2.05) is 93.6 Å². The number of aliphatic imine (C=N–C) groups is 1. The van der Waals surface area contributed by atoms with E-state index < -0.39 is 10.0 Å². The van der Waals surface area contributed by atoms with Crippen molar-refractivity contribution in [3.05, 3.63) is 131 Å². The third-order valence-corrected chi connectivity index (χ3v) is 8.50. The van der Waals surface area contributed by atoms with Crippen molar-refractivity contribution in [1.82, 2.24) is 3.97 Å². The summed E-state index contributed by atoms with van der Waals surface area (Å²) in [4.78, 5) is 5.00. The van der Waals surface area contributed by atoms with Gasteiger partial charge in [-0.2, -0.15) is 0 Å². The minimum atomic E-state index is -4.12. The summed E-state index contributed by atoms with van der Waals surface area (Å²) < 4.78 is 34.3. The molecular weight excluding hydrogens is 532 g/mol. The van der Waals surface area contributed by atoms with Crippen LogP contribution in [0.4, 0.5) is 0 Å². The molecule has 0 fully saturated rings. The Kier molecular flexibility index (Phi) is 7.81. The van der Waals surface area contributed by atoms with Gasteiger partial charge in [0.25, 0.3) is 10.0 Å². The maximum atomic E-state index is 13.9. The maximum absolute atomic E-state index is 13.9. The molecule has 0 saturated carbocycles. The number of hydrogen-bond acceptors (Lipinski definition) is 5. The number of aryl methyl sites for hydroxylation is 1. The van der Waals surface area contributed by atoms with E-state index in [4.69, 9.17) is 9.73 Å². The normalized spacial score (nSPS) is 12.7. The summed E-state index contributed by atoms with van der Waals surface area (Å²) in [6.45, 7) is 5.89. The number of para-hydroxylation sites is 1. The number of aromatic hydroxyl groups is 1. The summed E-state index contributed by atoms with van der Waals surface area (Å²) in [5.74, 6) is 0.368. The number of methoxy groups -OCH3 is 1. The Bertz CT molecular complexity index is 1850. The van der Waals surface area contributed by atoms with Gasteiger partial charge in [0.1, 0.15) is 5.75 Å². The van der Waals surface area contributed by atoms with E-state index in [0.717, 1.165) is 26.4 Å². The molecule has 0 radical (unpaired) electrons. The highest BCUT2D eigenvalue weighted by Crippen LogP contribution is 2.41. The van der Waals surface area contributed by atoms with E-state index in [2.05, 4.69) is 0 Å². The third-order valence-electron chi connectivity index (χ3n) is 6.79. The zero-order valence-electron chi connectivity index (χ0n) is 23.4. The molecule has 0 aliphatic heterocycles. The van der Waals surface area contributed by atoms with Gasteiger partial charge in [0.05, 0.1) is 28.8 Å². The topological polar surface area (TPSA) is 80.9 Å². The first-order valence-electron chi connectivity index (χ1n) is 13.3. The van der Waals surface area contributed by atoms with Crippen molar-refractivity contribution < 1.29 is 18.3 Å². The van der Waals surface area contributed by atoms with Crippen LogP contribution in [0.1, 0.15) is 36.1 Å². The van der Waals surface area contributed by atoms with Crippen LogP contribution in [0.2, 0.25) is 0 Å². The molecule has 5 aromatic rings. The Labute approximate surface area is 240 Å². The molecule has 0 spiro atoms. The van der Waals surface area contributed by atoms with Gasteiger partial charge in [-0.1, -0.05) is 66.2 Å². The number of fused-ring (bicyclic) bond motifs is 1. The Balaban J connectivity index is 1.82. The molecule has 0 atom stereocenters. The highest BCUT2D eigenvalue weighted by Gasteiger charge is 2.29. The molecule has 208 valence electrons. The van der Waals surface area contributed by atoms with Crippen molar-refractivity contribution in [2.75, 3.05) is 7.11 Å². The quantitative estimate of drug-likeness (QED) is 0.202. The zero-order valence-corrected chi connectivity index (χ0v) is 24.3. The first-order valence-corrected chi connectivity index (χ1v) is 14.8. The van der Waals surface area contributed by atoms with Gasteiger partial charge in [-0.05, 0) is 86.0 Å². The molecule has 0 saturated heterocycles. The van der Waals surface area contributed by atoms with Gasteiger partial charge < -0.3 is 9.84 Å². The highest BCUT2D eigenvalue weighted by molar-refractivity contribution is 7.90. The lowest BCUT2D eigenvalue weighted by atomic mass is 9.94. The number of nitrogens with zero attached hydrogens (tertiary/aromatic N) is 2. The van der Waals surface area contributed by atoms with Crippen LogP contribution >= 0.6 is 0 Å². The largest absolute Gasteiger partial charge is 0.497 e. The number of aromatic nitrogens is 1. The van der Waals surface area contributed by atoms with Crippen LogP contribution in [0.3, 0.4) is 0 Å². The minimum Gasteiger partial charge on any atom is -0.497 e. The van der Waals surface area contributed by atoms with Crippen molar-refractivity contribution in [1.29, 1.82) is 0 Å². The average Bonchev–Trinajstić information content (AvgIpc) is 3.28. The molecule has 0 aliphatic rings. The van der Waals surface area contributed by atoms with E-state index in [0.29, 0.717) is 27.8 Å². The molecule has 7 heteroatoms. The zero-order chi connectivity index (χ0) is 29.1. The number of allylic oxidation sites excluding steroid dienone is 1. The Morgan fingerprint density at radius 3 is 2.12 bits per heavy atom. The SMILES string of the molecule is COc1ccc(C(/C=C(\c2ccccc2)c2c(O)n(S(=O)(=O)c3ccc(C)cc3)c3ccccc23)=NC(C)C)cc1. The van der Waals surface area contributed by atoms with Crippen LogP contribution in [-0.4, -0.2) is 36.4 Å². The van der Waals surface area contributed by atoms with Crippen molar-refractivity contribution in [3.8, 4) is 11.6 Å². The molecule has 1 N–H and O–H groups in total. The summed E-state index contributed by atoms with van der Waals surface area (Å²) in [5.41, 5.74) is 4.75. The summed E-state index contributed by atoms with van der Waals surface area (Å²) in [7, 11) is -2.50. The monoisotopic (exact) mass is 564 g/mol. The average molecular weight is 565 g/mol. The van der Waals surface area contributed by atoms with Gasteiger partial charge >= 0.3 is 0 Å². The molecular formula is C34H32N2O4S. The summed E-state index contributed by atoms with van der Waals surface area (Å²) in [6.07, 6.45) is 1.92. The van der Waals surface area contributed by atoms with Gasteiger partial charge in [-0.15, -0.1) is 0 Å². The molecule has 41 heavy (non-hydrogen) atoms. The molecule has 0 amide bonds. The van der Waals surface area contributed by atoms with Gasteiger partial charge in [0.15, 0.2) is 0 Å². The first-order chi connectivity index (χ1) is 19.7. The Morgan fingerprint density at radius 1 is 0.854 bits per heavy atom. The molecule has 0 bridgehead atoms. The smallest absolute Gasteiger partial charge is 0.271 e. The molecule has 0 aliphatic carbocycles. The number of ether oxygens (including phenoxy) is 1. The second-order valence-electron chi connectivity index (χ2n) is 10.1. The van der Waals surface area contributed by atoms with Gasteiger partial charge in [-0.25, -0.2) is 12.4 Å². The fourth-order valence-corrected chi connectivity index (χ4v) is 6.24. The number of rotatable bonds is 8. The fraction of sp³-hybridized carbons (Fsp3) is 0.147. The number of benzene rings is 4. The highest BCUT2D eigenvalue weighted by atomic mass is 32.2. The molecule has 5 rings (SSSR count). The van der Waals surface area contributed by atoms with E-state index in [9.17, 15) is 13.5 Å². The van der Waals surface area contributed by atoms with Crippen LogP contribution in [0.15, 0.2) is 119 Å². The predicted molar refractivity (Wildman–Crippen MR) is 166 cm³/mol. The standard InChI is InChI=1S/C34H32N2O4S/c1-23(2)35-31(26-16-18-27(40-4)19-17-26)22-30(25-10-6-5-7-11-25)33-29-12-8-9-13-32(29)36(34(33)37)41(38,39)28-20-14-24(3)15-21-28/h5-23,37H,1-4H3/b30-22+,35-31?. The Morgan fingerprint density at radius 2 is 1.49 bits per heavy atom. The summed E-state index contributed by atoms with van der Waals surface area (Å²) in [5, 5.41) is 12.4. The fourth-order valence-electron chi connectivity index (χ4n) is 4.81. The van der Waals surface area contributed by atoms with Crippen molar-refractivity contribution in [3.63, 3.8) is 0 Å². The third kappa shape index (κ3) is 5.54. The molecule has 1 heterocycles. The van der Waals surface area contributed by atoms with Crippen LogP contribution < -0.4 is 4.74 Å². The van der Waals surface area contributed by atoms with Crippen LogP contribution in [0.5, 0.6) is 11.6 Å². The summed E-state index contributed by atoms with van der Waals surface area (Å²) >= 11 is 0. The van der Waals surface area contributed by atoms with Gasteiger partial charge in [-0.3, -0.25) is 4.99 Å².